The van der Waals surface area contributed by atoms with E-state index in [1.807, 2.05) is 5.38 Å². The van der Waals surface area contributed by atoms with Crippen molar-refractivity contribution in [2.45, 2.75) is 9.37 Å². The summed E-state index contributed by atoms with van der Waals surface area (Å²) >= 11 is 8.68. The summed E-state index contributed by atoms with van der Waals surface area (Å²) in [5, 5.41) is 2.95. The number of nitrogens with two attached hydrogens (primary N) is 1. The zero-order valence-corrected chi connectivity index (χ0v) is 9.23. The molecule has 0 bridgehead atoms. The van der Waals surface area contributed by atoms with E-state index in [0.717, 1.165) is 4.34 Å². The fourth-order valence-electron chi connectivity index (χ4n) is 0.816. The van der Waals surface area contributed by atoms with E-state index >= 15 is 0 Å². The number of nitrogen functional groups attached to an aromatic ring is 1. The van der Waals surface area contributed by atoms with Gasteiger partial charge in [0.05, 0.1) is 0 Å². The summed E-state index contributed by atoms with van der Waals surface area (Å²) in [5.74, 6) is 0.177. The molecular formula is C7H5ClN4S2. The summed E-state index contributed by atoms with van der Waals surface area (Å²) in [7, 11) is 0. The van der Waals surface area contributed by atoms with Crippen molar-refractivity contribution in [2.24, 2.45) is 0 Å². The van der Waals surface area contributed by atoms with Gasteiger partial charge in [-0.1, -0.05) is 11.6 Å². The molecule has 2 aromatic rings. The minimum Gasteiger partial charge on any atom is -0.368 e. The number of halogens is 1. The van der Waals surface area contributed by atoms with Crippen molar-refractivity contribution in [3.63, 3.8) is 0 Å². The first-order chi connectivity index (χ1) is 6.74. The van der Waals surface area contributed by atoms with E-state index in [4.69, 9.17) is 17.3 Å². The Balaban J connectivity index is 2.25. The maximum Gasteiger partial charge on any atom is 0.222 e. The Morgan fingerprint density at radius 1 is 1.43 bits per heavy atom. The van der Waals surface area contributed by atoms with Crippen LogP contribution in [0.4, 0.5) is 5.95 Å². The van der Waals surface area contributed by atoms with Crippen molar-refractivity contribution in [2.75, 3.05) is 5.73 Å². The SMILES string of the molecule is Nc1nc(Cl)cc(Sc2nccs2)n1. The Hall–Kier alpha value is -0.850. The predicted octanol–water partition coefficient (Wildman–Crippen LogP) is 2.32. The van der Waals surface area contributed by atoms with Crippen LogP contribution < -0.4 is 5.73 Å². The van der Waals surface area contributed by atoms with Crippen LogP contribution in [-0.4, -0.2) is 15.0 Å². The lowest BCUT2D eigenvalue weighted by Crippen LogP contribution is -1.95. The first-order valence-electron chi connectivity index (χ1n) is 3.61. The average molecular weight is 245 g/mol. The Kier molecular flexibility index (Phi) is 2.85. The van der Waals surface area contributed by atoms with Gasteiger partial charge in [0.2, 0.25) is 5.95 Å². The maximum absolute atomic E-state index is 5.73. The molecule has 0 atom stereocenters. The molecule has 0 saturated heterocycles. The lowest BCUT2D eigenvalue weighted by Gasteiger charge is -1.98. The molecule has 0 fully saturated rings. The van der Waals surface area contributed by atoms with E-state index in [0.29, 0.717) is 10.2 Å². The second kappa shape index (κ2) is 4.12. The number of aromatic nitrogens is 3. The average Bonchev–Trinajstić information content (AvgIpc) is 2.54. The summed E-state index contributed by atoms with van der Waals surface area (Å²) < 4.78 is 0.902. The number of rotatable bonds is 2. The fraction of sp³-hybridized carbons (Fsp3) is 0. The van der Waals surface area contributed by atoms with Gasteiger partial charge in [0.1, 0.15) is 10.2 Å². The molecule has 2 heterocycles. The largest absolute Gasteiger partial charge is 0.368 e. The predicted molar refractivity (Wildman–Crippen MR) is 57.7 cm³/mol. The van der Waals surface area contributed by atoms with Crippen molar-refractivity contribution in [3.8, 4) is 0 Å². The summed E-state index contributed by atoms with van der Waals surface area (Å²) in [6, 6.07) is 1.66. The van der Waals surface area contributed by atoms with E-state index in [1.165, 1.54) is 23.1 Å². The van der Waals surface area contributed by atoms with Crippen LogP contribution in [0.15, 0.2) is 27.0 Å². The second-order valence-electron chi connectivity index (χ2n) is 2.29. The van der Waals surface area contributed by atoms with E-state index in [1.54, 1.807) is 12.3 Å². The van der Waals surface area contributed by atoms with Gasteiger partial charge in [-0.15, -0.1) is 11.3 Å². The van der Waals surface area contributed by atoms with Crippen LogP contribution in [0.5, 0.6) is 0 Å². The van der Waals surface area contributed by atoms with Crippen LogP contribution in [0.2, 0.25) is 5.15 Å². The van der Waals surface area contributed by atoms with E-state index in [9.17, 15) is 0 Å². The van der Waals surface area contributed by atoms with Crippen molar-refractivity contribution in [3.05, 3.63) is 22.8 Å². The van der Waals surface area contributed by atoms with Gasteiger partial charge in [-0.2, -0.15) is 0 Å². The summed E-state index contributed by atoms with van der Waals surface area (Å²) in [4.78, 5) is 11.9. The Labute approximate surface area is 93.6 Å². The third kappa shape index (κ3) is 2.34. The molecule has 0 aliphatic carbocycles. The molecule has 0 unspecified atom stereocenters. The monoisotopic (exact) mass is 244 g/mol. The minimum absolute atomic E-state index is 0.177. The molecule has 72 valence electrons. The normalized spacial score (nSPS) is 10.4. The first kappa shape index (κ1) is 9.70. The second-order valence-corrected chi connectivity index (χ2v) is 4.84. The quantitative estimate of drug-likeness (QED) is 0.822. The molecule has 0 radical (unpaired) electrons. The van der Waals surface area contributed by atoms with Gasteiger partial charge in [0, 0.05) is 17.6 Å². The molecular weight excluding hydrogens is 240 g/mol. The van der Waals surface area contributed by atoms with Crippen LogP contribution in [0.25, 0.3) is 0 Å². The van der Waals surface area contributed by atoms with Crippen LogP contribution >= 0.6 is 34.7 Å². The molecule has 7 heteroatoms. The topological polar surface area (TPSA) is 64.7 Å². The van der Waals surface area contributed by atoms with Gasteiger partial charge in [0.25, 0.3) is 0 Å². The number of hydrogen-bond acceptors (Lipinski definition) is 6. The molecule has 2 N–H and O–H groups in total. The van der Waals surface area contributed by atoms with E-state index in [-0.39, 0.29) is 5.95 Å². The lowest BCUT2D eigenvalue weighted by atomic mass is 10.7. The van der Waals surface area contributed by atoms with Gasteiger partial charge in [0.15, 0.2) is 4.34 Å². The summed E-state index contributed by atoms with van der Waals surface area (Å²) in [5.41, 5.74) is 5.45. The van der Waals surface area contributed by atoms with Gasteiger partial charge in [-0.05, 0) is 11.8 Å². The molecule has 2 rings (SSSR count). The Morgan fingerprint density at radius 2 is 2.29 bits per heavy atom. The van der Waals surface area contributed by atoms with Crippen molar-refractivity contribution in [1.29, 1.82) is 0 Å². The zero-order chi connectivity index (χ0) is 9.97. The third-order valence-electron chi connectivity index (χ3n) is 1.29. The fourth-order valence-corrected chi connectivity index (χ4v) is 2.65. The molecule has 0 aromatic carbocycles. The molecule has 0 spiro atoms. The third-order valence-corrected chi connectivity index (χ3v) is 3.29. The highest BCUT2D eigenvalue weighted by atomic mass is 35.5. The molecule has 0 amide bonds. The highest BCUT2D eigenvalue weighted by Gasteiger charge is 2.04. The number of thiazole rings is 1. The molecule has 2 aromatic heterocycles. The molecule has 0 aliphatic heterocycles. The van der Waals surface area contributed by atoms with Crippen molar-refractivity contribution >= 4 is 40.6 Å². The molecule has 14 heavy (non-hydrogen) atoms. The standard InChI is InChI=1S/C7H5ClN4S2/c8-4-3-5(12-6(9)11-4)14-7-10-1-2-13-7/h1-3H,(H2,9,11,12). The summed E-state index contributed by atoms with van der Waals surface area (Å²) in [6.07, 6.45) is 1.74. The lowest BCUT2D eigenvalue weighted by molar-refractivity contribution is 1.06. The maximum atomic E-state index is 5.73. The van der Waals surface area contributed by atoms with Crippen LogP contribution in [-0.2, 0) is 0 Å². The van der Waals surface area contributed by atoms with Crippen molar-refractivity contribution < 1.29 is 0 Å². The van der Waals surface area contributed by atoms with E-state index in [2.05, 4.69) is 15.0 Å². The number of anilines is 1. The van der Waals surface area contributed by atoms with Crippen LogP contribution in [0.3, 0.4) is 0 Å². The van der Waals surface area contributed by atoms with Gasteiger partial charge in [-0.3, -0.25) is 0 Å². The Bertz CT molecular complexity index is 411. The molecule has 4 nitrogen and oxygen atoms in total. The van der Waals surface area contributed by atoms with Crippen LogP contribution in [0.1, 0.15) is 0 Å². The van der Waals surface area contributed by atoms with E-state index < -0.39 is 0 Å². The number of nitrogens with zero attached hydrogens (tertiary/aromatic N) is 3. The smallest absolute Gasteiger partial charge is 0.222 e. The highest BCUT2D eigenvalue weighted by Crippen LogP contribution is 2.28. The number of hydrogen-bond donors (Lipinski definition) is 1. The minimum atomic E-state index is 0.177. The molecule has 0 saturated carbocycles. The first-order valence-corrected chi connectivity index (χ1v) is 5.69. The van der Waals surface area contributed by atoms with Gasteiger partial charge < -0.3 is 5.73 Å². The van der Waals surface area contributed by atoms with Crippen molar-refractivity contribution in [1.82, 2.24) is 15.0 Å². The Morgan fingerprint density at radius 3 is 2.93 bits per heavy atom. The zero-order valence-electron chi connectivity index (χ0n) is 6.85. The summed E-state index contributed by atoms with van der Waals surface area (Å²) in [6.45, 7) is 0. The molecule has 0 aliphatic rings. The van der Waals surface area contributed by atoms with Gasteiger partial charge >= 0.3 is 0 Å². The highest BCUT2D eigenvalue weighted by molar-refractivity contribution is 8.01. The van der Waals surface area contributed by atoms with Crippen LogP contribution in [0, 0.1) is 0 Å². The van der Waals surface area contributed by atoms with Gasteiger partial charge in [-0.25, -0.2) is 15.0 Å².